The van der Waals surface area contributed by atoms with Gasteiger partial charge in [-0.3, -0.25) is 0 Å². The number of furan rings is 1. The molecular weight excluding hydrogens is 265 g/mol. The summed E-state index contributed by atoms with van der Waals surface area (Å²) in [6, 6.07) is 6.15. The number of halogens is 3. The van der Waals surface area contributed by atoms with Gasteiger partial charge < -0.3 is 14.3 Å². The zero-order valence-electron chi connectivity index (χ0n) is 9.27. The van der Waals surface area contributed by atoms with Gasteiger partial charge >= 0.3 is 12.3 Å². The molecule has 19 heavy (non-hydrogen) atoms. The quantitative estimate of drug-likeness (QED) is 0.928. The van der Waals surface area contributed by atoms with E-state index in [-0.39, 0.29) is 16.9 Å². The van der Waals surface area contributed by atoms with Crippen molar-refractivity contribution in [1.29, 1.82) is 0 Å². The van der Waals surface area contributed by atoms with E-state index in [0.29, 0.717) is 0 Å². The third-order valence-corrected chi connectivity index (χ3v) is 2.25. The second kappa shape index (κ2) is 4.68. The second-order valence-corrected chi connectivity index (χ2v) is 3.51. The van der Waals surface area contributed by atoms with Crippen molar-refractivity contribution in [1.82, 2.24) is 0 Å². The lowest BCUT2D eigenvalue weighted by molar-refractivity contribution is -0.274. The maximum absolute atomic E-state index is 12.3. The first kappa shape index (κ1) is 13.0. The van der Waals surface area contributed by atoms with E-state index in [1.165, 1.54) is 24.5 Å². The minimum Gasteiger partial charge on any atom is -0.478 e. The van der Waals surface area contributed by atoms with Crippen LogP contribution in [0.2, 0.25) is 0 Å². The number of aromatic carboxylic acids is 1. The fraction of sp³-hybridized carbons (Fsp3) is 0.0833. The van der Waals surface area contributed by atoms with Crippen molar-refractivity contribution < 1.29 is 32.2 Å². The van der Waals surface area contributed by atoms with Gasteiger partial charge in [0.25, 0.3) is 0 Å². The molecule has 0 aliphatic rings. The Morgan fingerprint density at radius 2 is 1.95 bits per heavy atom. The summed E-state index contributed by atoms with van der Waals surface area (Å²) in [5.41, 5.74) is -0.589. The van der Waals surface area contributed by atoms with Crippen LogP contribution in [0, 0.1) is 0 Å². The van der Waals surface area contributed by atoms with Gasteiger partial charge in [0.2, 0.25) is 0 Å². The third kappa shape index (κ3) is 2.87. The molecule has 0 bridgehead atoms. The van der Waals surface area contributed by atoms with Crippen molar-refractivity contribution >= 4 is 5.97 Å². The van der Waals surface area contributed by atoms with Crippen molar-refractivity contribution in [2.45, 2.75) is 6.36 Å². The van der Waals surface area contributed by atoms with Gasteiger partial charge in [-0.2, -0.15) is 0 Å². The predicted octanol–water partition coefficient (Wildman–Crippen LogP) is 3.54. The van der Waals surface area contributed by atoms with Crippen molar-refractivity contribution in [2.75, 3.05) is 0 Å². The van der Waals surface area contributed by atoms with Crippen molar-refractivity contribution in [2.24, 2.45) is 0 Å². The van der Waals surface area contributed by atoms with E-state index in [9.17, 15) is 18.0 Å². The van der Waals surface area contributed by atoms with Gasteiger partial charge in [0, 0.05) is 0 Å². The summed E-state index contributed by atoms with van der Waals surface area (Å²) in [4.78, 5) is 11.1. The molecule has 0 aliphatic heterocycles. The summed E-state index contributed by atoms with van der Waals surface area (Å²) in [7, 11) is 0. The number of alkyl halides is 3. The molecule has 1 N–H and O–H groups in total. The van der Waals surface area contributed by atoms with E-state index in [1.54, 1.807) is 0 Å². The largest absolute Gasteiger partial charge is 0.573 e. The smallest absolute Gasteiger partial charge is 0.478 e. The molecule has 2 aromatic rings. The highest BCUT2D eigenvalue weighted by Crippen LogP contribution is 2.36. The molecule has 2 rings (SSSR count). The molecule has 0 aliphatic carbocycles. The van der Waals surface area contributed by atoms with Crippen LogP contribution in [0.3, 0.4) is 0 Å². The van der Waals surface area contributed by atoms with E-state index in [1.807, 2.05) is 0 Å². The minimum absolute atomic E-state index is 0.0164. The monoisotopic (exact) mass is 272 g/mol. The fourth-order valence-electron chi connectivity index (χ4n) is 1.59. The normalized spacial score (nSPS) is 11.3. The maximum atomic E-state index is 12.3. The van der Waals surface area contributed by atoms with Crippen LogP contribution in [0.1, 0.15) is 10.4 Å². The molecule has 4 nitrogen and oxygen atoms in total. The molecule has 0 radical (unpaired) electrons. The summed E-state index contributed by atoms with van der Waals surface area (Å²) >= 11 is 0. The van der Waals surface area contributed by atoms with Gasteiger partial charge in [-0.15, -0.1) is 13.2 Å². The molecule has 0 unspecified atom stereocenters. The van der Waals surface area contributed by atoms with E-state index < -0.39 is 18.1 Å². The highest BCUT2D eigenvalue weighted by molar-refractivity contribution is 5.97. The first-order valence-corrected chi connectivity index (χ1v) is 5.04. The molecule has 1 aromatic heterocycles. The highest BCUT2D eigenvalue weighted by Gasteiger charge is 2.33. The first-order valence-electron chi connectivity index (χ1n) is 5.04. The molecule has 1 heterocycles. The molecular formula is C12H7F3O4. The molecule has 0 fully saturated rings. The number of hydrogen-bond acceptors (Lipinski definition) is 3. The molecule has 0 saturated heterocycles. The van der Waals surface area contributed by atoms with E-state index in [0.717, 1.165) is 12.1 Å². The molecule has 0 amide bonds. The van der Waals surface area contributed by atoms with Crippen LogP contribution in [0.4, 0.5) is 13.2 Å². The number of carbonyl (C=O) groups is 1. The van der Waals surface area contributed by atoms with Crippen LogP contribution in [0.5, 0.6) is 5.75 Å². The lowest BCUT2D eigenvalue weighted by Gasteiger charge is -2.13. The van der Waals surface area contributed by atoms with E-state index in [2.05, 4.69) is 4.74 Å². The molecule has 0 atom stereocenters. The number of carboxylic acid groups (broad SMARTS) is 1. The number of hydrogen-bond donors (Lipinski definition) is 1. The van der Waals surface area contributed by atoms with Crippen LogP contribution in [-0.4, -0.2) is 17.4 Å². The van der Waals surface area contributed by atoms with Crippen LogP contribution in [0.15, 0.2) is 41.0 Å². The maximum Gasteiger partial charge on any atom is 0.573 e. The summed E-state index contributed by atoms with van der Waals surface area (Å²) in [5.74, 6) is -2.02. The topological polar surface area (TPSA) is 59.7 Å². The number of rotatable bonds is 3. The van der Waals surface area contributed by atoms with Crippen LogP contribution >= 0.6 is 0 Å². The van der Waals surface area contributed by atoms with Gasteiger partial charge in [0.15, 0.2) is 0 Å². The van der Waals surface area contributed by atoms with Crippen LogP contribution < -0.4 is 4.74 Å². The highest BCUT2D eigenvalue weighted by atomic mass is 19.4. The second-order valence-electron chi connectivity index (χ2n) is 3.51. The van der Waals surface area contributed by atoms with Crippen molar-refractivity contribution in [3.63, 3.8) is 0 Å². The standard InChI is InChI=1S/C12H7F3O4/c13-12(14,15)19-9-4-1-3-7(11(16)17)10(9)8-5-2-6-18-8/h1-6H,(H,16,17). The lowest BCUT2D eigenvalue weighted by atomic mass is 10.0. The average Bonchev–Trinajstić information content (AvgIpc) is 2.79. The number of ether oxygens (including phenoxy) is 1. The number of carboxylic acids is 1. The number of benzene rings is 1. The molecule has 7 heteroatoms. The van der Waals surface area contributed by atoms with Gasteiger partial charge in [0.1, 0.15) is 11.5 Å². The van der Waals surface area contributed by atoms with E-state index in [4.69, 9.17) is 9.52 Å². The van der Waals surface area contributed by atoms with Gasteiger partial charge in [-0.05, 0) is 24.3 Å². The Balaban J connectivity index is 2.61. The van der Waals surface area contributed by atoms with Gasteiger partial charge in [-0.1, -0.05) is 6.07 Å². The van der Waals surface area contributed by atoms with Crippen molar-refractivity contribution in [3.8, 4) is 17.1 Å². The SMILES string of the molecule is O=C(O)c1cccc(OC(F)(F)F)c1-c1ccco1. The molecule has 0 spiro atoms. The average molecular weight is 272 g/mol. The summed E-state index contributed by atoms with van der Waals surface area (Å²) in [6.45, 7) is 0. The fourth-order valence-corrected chi connectivity index (χ4v) is 1.59. The Hall–Kier alpha value is -2.44. The Morgan fingerprint density at radius 3 is 2.47 bits per heavy atom. The Bertz CT molecular complexity index is 588. The minimum atomic E-state index is -4.92. The predicted molar refractivity (Wildman–Crippen MR) is 57.8 cm³/mol. The molecule has 0 saturated carbocycles. The zero-order chi connectivity index (χ0) is 14.0. The lowest BCUT2D eigenvalue weighted by Crippen LogP contribution is -2.18. The summed E-state index contributed by atoms with van der Waals surface area (Å²) in [6.07, 6.45) is -3.69. The Morgan fingerprint density at radius 1 is 1.21 bits per heavy atom. The van der Waals surface area contributed by atoms with Crippen LogP contribution in [-0.2, 0) is 0 Å². The first-order chi connectivity index (χ1) is 8.88. The van der Waals surface area contributed by atoms with Gasteiger partial charge in [0.05, 0.1) is 17.4 Å². The van der Waals surface area contributed by atoms with Gasteiger partial charge in [-0.25, -0.2) is 4.79 Å². The van der Waals surface area contributed by atoms with E-state index >= 15 is 0 Å². The van der Waals surface area contributed by atoms with Crippen molar-refractivity contribution in [3.05, 3.63) is 42.2 Å². The molecule has 100 valence electrons. The third-order valence-electron chi connectivity index (χ3n) is 2.25. The Labute approximate surface area is 105 Å². The summed E-state index contributed by atoms with van der Waals surface area (Å²) < 4.78 is 45.7. The molecule has 1 aromatic carbocycles. The Kier molecular flexibility index (Phi) is 3.20. The van der Waals surface area contributed by atoms with Crippen LogP contribution in [0.25, 0.3) is 11.3 Å². The zero-order valence-corrected chi connectivity index (χ0v) is 9.27. The summed E-state index contributed by atoms with van der Waals surface area (Å²) in [5, 5.41) is 9.01.